The molecule has 0 aromatic heterocycles. The Hall–Kier alpha value is -0.700. The van der Waals surface area contributed by atoms with Crippen LogP contribution in [0.4, 0.5) is 0 Å². The van der Waals surface area contributed by atoms with Crippen molar-refractivity contribution >= 4 is 11.6 Å². The van der Waals surface area contributed by atoms with Gasteiger partial charge in [0.2, 0.25) is 0 Å². The molecule has 4 aliphatic rings. The van der Waals surface area contributed by atoms with Crippen molar-refractivity contribution in [2.75, 3.05) is 6.61 Å². The van der Waals surface area contributed by atoms with Gasteiger partial charge in [-0.3, -0.25) is 9.59 Å². The van der Waals surface area contributed by atoms with Gasteiger partial charge in [0.05, 0.1) is 12.0 Å². The van der Waals surface area contributed by atoms with Crippen molar-refractivity contribution in [2.45, 2.75) is 64.7 Å². The van der Waals surface area contributed by atoms with Crippen molar-refractivity contribution < 1.29 is 14.7 Å². The summed E-state index contributed by atoms with van der Waals surface area (Å²) in [4.78, 5) is 25.4. The molecular formula is C19H28O3. The van der Waals surface area contributed by atoms with Gasteiger partial charge in [-0.15, -0.1) is 0 Å². The van der Waals surface area contributed by atoms with E-state index in [1.807, 2.05) is 0 Å². The predicted molar refractivity (Wildman–Crippen MR) is 83.2 cm³/mol. The molecule has 122 valence electrons. The number of rotatable bonds is 1. The molecular weight excluding hydrogens is 276 g/mol. The lowest BCUT2D eigenvalue weighted by molar-refractivity contribution is -0.160. The Balaban J connectivity index is 1.73. The Kier molecular flexibility index (Phi) is 3.31. The van der Waals surface area contributed by atoms with E-state index >= 15 is 0 Å². The van der Waals surface area contributed by atoms with Crippen LogP contribution in [0.5, 0.6) is 0 Å². The molecule has 1 N–H and O–H groups in total. The minimum absolute atomic E-state index is 0.0479. The Morgan fingerprint density at radius 3 is 2.68 bits per heavy atom. The van der Waals surface area contributed by atoms with Crippen molar-refractivity contribution in [1.29, 1.82) is 0 Å². The monoisotopic (exact) mass is 304 g/mol. The van der Waals surface area contributed by atoms with E-state index in [0.29, 0.717) is 29.5 Å². The fourth-order valence-corrected chi connectivity index (χ4v) is 6.85. The van der Waals surface area contributed by atoms with Crippen molar-refractivity contribution in [1.82, 2.24) is 0 Å². The summed E-state index contributed by atoms with van der Waals surface area (Å²) < 4.78 is 0. The molecule has 22 heavy (non-hydrogen) atoms. The standard InChI is InChI=1S/C19H28O3/c1-18-8-3-2-4-12(18)10-15(21)17-13(18)7-9-19(11-20)14(17)5-6-16(19)22/h12-14,17,20H,2-11H2,1H3/t12?,13-,14-,17+,18-,19+/m0/s1. The summed E-state index contributed by atoms with van der Waals surface area (Å²) >= 11 is 0. The number of fused-ring (bicyclic) bond motifs is 5. The van der Waals surface area contributed by atoms with Crippen LogP contribution in [0.25, 0.3) is 0 Å². The summed E-state index contributed by atoms with van der Waals surface area (Å²) in [7, 11) is 0. The highest BCUT2D eigenvalue weighted by molar-refractivity contribution is 5.91. The van der Waals surface area contributed by atoms with E-state index in [1.54, 1.807) is 0 Å². The van der Waals surface area contributed by atoms with E-state index in [0.717, 1.165) is 25.7 Å². The van der Waals surface area contributed by atoms with Gasteiger partial charge in [-0.25, -0.2) is 0 Å². The zero-order valence-corrected chi connectivity index (χ0v) is 13.6. The molecule has 3 heteroatoms. The Morgan fingerprint density at radius 2 is 1.91 bits per heavy atom. The number of hydrogen-bond donors (Lipinski definition) is 1. The molecule has 0 aromatic carbocycles. The zero-order valence-electron chi connectivity index (χ0n) is 13.6. The molecule has 0 radical (unpaired) electrons. The van der Waals surface area contributed by atoms with Gasteiger partial charge in [0, 0.05) is 18.8 Å². The largest absolute Gasteiger partial charge is 0.395 e. The molecule has 0 spiro atoms. The summed E-state index contributed by atoms with van der Waals surface area (Å²) in [6.07, 6.45) is 8.92. The average Bonchev–Trinajstić information content (AvgIpc) is 2.86. The molecule has 3 nitrogen and oxygen atoms in total. The molecule has 0 saturated heterocycles. The molecule has 0 aliphatic heterocycles. The lowest BCUT2D eigenvalue weighted by atomic mass is 9.45. The molecule has 0 bridgehead atoms. The molecule has 4 saturated carbocycles. The molecule has 4 fully saturated rings. The summed E-state index contributed by atoms with van der Waals surface area (Å²) in [6.45, 7) is 2.37. The normalized spacial score (nSPS) is 51.2. The van der Waals surface area contributed by atoms with E-state index in [1.165, 1.54) is 25.7 Å². The first-order valence-electron chi connectivity index (χ1n) is 9.20. The van der Waals surface area contributed by atoms with Crippen LogP contribution in [-0.4, -0.2) is 23.3 Å². The molecule has 0 heterocycles. The number of hydrogen-bond acceptors (Lipinski definition) is 3. The fraction of sp³-hybridized carbons (Fsp3) is 0.895. The van der Waals surface area contributed by atoms with Gasteiger partial charge in [0.15, 0.2) is 0 Å². The number of aliphatic hydroxyl groups is 1. The highest BCUT2D eigenvalue weighted by atomic mass is 16.3. The number of carbonyl (C=O) groups excluding carboxylic acids is 2. The number of carbonyl (C=O) groups is 2. The lowest BCUT2D eigenvalue weighted by Gasteiger charge is -2.58. The van der Waals surface area contributed by atoms with Gasteiger partial charge < -0.3 is 5.11 Å². The summed E-state index contributed by atoms with van der Waals surface area (Å²) in [5.74, 6) is 1.82. The van der Waals surface area contributed by atoms with E-state index in [9.17, 15) is 14.7 Å². The summed E-state index contributed by atoms with van der Waals surface area (Å²) in [5, 5.41) is 9.96. The van der Waals surface area contributed by atoms with E-state index in [4.69, 9.17) is 0 Å². The first-order valence-corrected chi connectivity index (χ1v) is 9.20. The van der Waals surface area contributed by atoms with Crippen LogP contribution in [-0.2, 0) is 9.59 Å². The minimum atomic E-state index is -0.575. The van der Waals surface area contributed by atoms with Crippen LogP contribution < -0.4 is 0 Å². The second-order valence-electron chi connectivity index (χ2n) is 8.67. The zero-order chi connectivity index (χ0) is 15.5. The second-order valence-corrected chi connectivity index (χ2v) is 8.67. The molecule has 1 unspecified atom stereocenters. The first-order chi connectivity index (χ1) is 10.5. The summed E-state index contributed by atoms with van der Waals surface area (Å²) in [6, 6.07) is 0. The SMILES string of the molecule is C[C@]12CCCCC1CC(=O)[C@H]1[C@@H]3CCC(=O)[C@@]3(CO)CC[C@@H]12. The van der Waals surface area contributed by atoms with Crippen molar-refractivity contribution in [2.24, 2.45) is 34.5 Å². The molecule has 4 aliphatic carbocycles. The van der Waals surface area contributed by atoms with E-state index < -0.39 is 5.41 Å². The van der Waals surface area contributed by atoms with Crippen LogP contribution in [0.3, 0.4) is 0 Å². The first kappa shape index (κ1) is 14.9. The Bertz CT molecular complexity index is 513. The topological polar surface area (TPSA) is 54.4 Å². The smallest absolute Gasteiger partial charge is 0.141 e. The molecule has 0 amide bonds. The summed E-state index contributed by atoms with van der Waals surface area (Å²) in [5.41, 5.74) is -0.279. The second kappa shape index (κ2) is 4.90. The van der Waals surface area contributed by atoms with Crippen molar-refractivity contribution in [3.63, 3.8) is 0 Å². The maximum absolute atomic E-state index is 12.9. The van der Waals surface area contributed by atoms with Crippen LogP contribution in [0.2, 0.25) is 0 Å². The van der Waals surface area contributed by atoms with Gasteiger partial charge in [-0.2, -0.15) is 0 Å². The maximum atomic E-state index is 12.9. The van der Waals surface area contributed by atoms with Crippen LogP contribution in [0, 0.1) is 34.5 Å². The van der Waals surface area contributed by atoms with Crippen LogP contribution >= 0.6 is 0 Å². The lowest BCUT2D eigenvalue weighted by Crippen LogP contribution is -2.57. The van der Waals surface area contributed by atoms with Gasteiger partial charge in [-0.1, -0.05) is 19.8 Å². The molecule has 0 aromatic rings. The van der Waals surface area contributed by atoms with E-state index in [-0.39, 0.29) is 24.2 Å². The minimum Gasteiger partial charge on any atom is -0.395 e. The van der Waals surface area contributed by atoms with Gasteiger partial charge in [0.1, 0.15) is 11.6 Å². The third kappa shape index (κ3) is 1.72. The molecule has 6 atom stereocenters. The predicted octanol–water partition coefficient (Wildman–Crippen LogP) is 3.14. The highest BCUT2D eigenvalue weighted by Crippen LogP contribution is 2.64. The third-order valence-electron chi connectivity index (χ3n) is 8.12. The average molecular weight is 304 g/mol. The maximum Gasteiger partial charge on any atom is 0.141 e. The third-order valence-corrected chi connectivity index (χ3v) is 8.12. The van der Waals surface area contributed by atoms with Crippen LogP contribution in [0.1, 0.15) is 64.7 Å². The molecule has 4 rings (SSSR count). The Labute approximate surface area is 132 Å². The fourth-order valence-electron chi connectivity index (χ4n) is 6.85. The van der Waals surface area contributed by atoms with Crippen LogP contribution in [0.15, 0.2) is 0 Å². The number of ketones is 2. The van der Waals surface area contributed by atoms with E-state index in [2.05, 4.69) is 6.92 Å². The number of Topliss-reactive ketones (excluding diaryl/α,β-unsaturated/α-hetero) is 2. The Morgan fingerprint density at radius 1 is 1.09 bits per heavy atom. The number of aliphatic hydroxyl groups excluding tert-OH is 1. The van der Waals surface area contributed by atoms with Gasteiger partial charge in [-0.05, 0) is 55.3 Å². The van der Waals surface area contributed by atoms with Gasteiger partial charge in [0.25, 0.3) is 0 Å². The van der Waals surface area contributed by atoms with Crippen molar-refractivity contribution in [3.05, 3.63) is 0 Å². The quantitative estimate of drug-likeness (QED) is 0.809. The highest BCUT2D eigenvalue weighted by Gasteiger charge is 2.63. The van der Waals surface area contributed by atoms with Crippen molar-refractivity contribution in [3.8, 4) is 0 Å². The van der Waals surface area contributed by atoms with Gasteiger partial charge >= 0.3 is 0 Å².